The van der Waals surface area contributed by atoms with Crippen molar-refractivity contribution in [3.8, 4) is 0 Å². The van der Waals surface area contributed by atoms with Crippen molar-refractivity contribution in [2.45, 2.75) is 13.2 Å². The summed E-state index contributed by atoms with van der Waals surface area (Å²) in [6.45, 7) is -3.09. The lowest BCUT2D eigenvalue weighted by Crippen LogP contribution is -2.16. The summed E-state index contributed by atoms with van der Waals surface area (Å²) in [5.41, 5.74) is 0. The zero-order valence-corrected chi connectivity index (χ0v) is 7.89. The molecule has 84 valence electrons. The van der Waals surface area contributed by atoms with Crippen LogP contribution in [0.5, 0.6) is 0 Å². The van der Waals surface area contributed by atoms with Crippen LogP contribution in [-0.2, 0) is 16.0 Å². The van der Waals surface area contributed by atoms with Gasteiger partial charge in [0.2, 0.25) is 5.82 Å². The van der Waals surface area contributed by atoms with Crippen molar-refractivity contribution in [3.05, 3.63) is 12.2 Å². The predicted octanol–water partition coefficient (Wildman–Crippen LogP) is 0.304. The van der Waals surface area contributed by atoms with Gasteiger partial charge in [-0.2, -0.15) is 13.9 Å². The average molecular weight is 221 g/mol. The third-order valence-corrected chi connectivity index (χ3v) is 1.53. The maximum atomic E-state index is 11.6. The van der Waals surface area contributed by atoms with Crippen LogP contribution in [0.1, 0.15) is 10.6 Å². The van der Waals surface area contributed by atoms with E-state index in [1.54, 1.807) is 0 Å². The molecule has 8 heteroatoms. The molecule has 0 aliphatic carbocycles. The Morgan fingerprint density at radius 3 is 3.00 bits per heavy atom. The van der Waals surface area contributed by atoms with Gasteiger partial charge in [0.15, 0.2) is 0 Å². The van der Waals surface area contributed by atoms with Gasteiger partial charge in [0, 0.05) is 0 Å². The number of aromatic nitrogens is 3. The lowest BCUT2D eigenvalue weighted by atomic mass is 10.6. The summed E-state index contributed by atoms with van der Waals surface area (Å²) in [5.74, 6) is -0.722. The van der Waals surface area contributed by atoms with E-state index in [4.69, 9.17) is 0 Å². The molecule has 0 amide bonds. The van der Waals surface area contributed by atoms with Gasteiger partial charge < -0.3 is 9.47 Å². The Bertz CT molecular complexity index is 329. The van der Waals surface area contributed by atoms with Gasteiger partial charge in [-0.3, -0.25) is 0 Å². The third-order valence-electron chi connectivity index (χ3n) is 1.53. The van der Waals surface area contributed by atoms with E-state index < -0.39 is 12.6 Å². The topological polar surface area (TPSA) is 66.2 Å². The van der Waals surface area contributed by atoms with Crippen LogP contribution < -0.4 is 0 Å². The predicted molar refractivity (Wildman–Crippen MR) is 43.3 cm³/mol. The number of methoxy groups -OCH3 is 1. The molecule has 0 fully saturated rings. The van der Waals surface area contributed by atoms with Crippen molar-refractivity contribution >= 4 is 5.97 Å². The van der Waals surface area contributed by atoms with E-state index in [-0.39, 0.29) is 19.0 Å². The number of halogens is 2. The summed E-state index contributed by atoms with van der Waals surface area (Å²) < 4.78 is 32.8. The molecule has 0 unspecified atom stereocenters. The Balaban J connectivity index is 2.54. The van der Waals surface area contributed by atoms with Crippen molar-refractivity contribution in [2.24, 2.45) is 0 Å². The molecule has 1 rings (SSSR count). The maximum Gasteiger partial charge on any atom is 0.375 e. The Hall–Kier alpha value is -1.57. The molecule has 0 saturated carbocycles. The monoisotopic (exact) mass is 221 g/mol. The molecule has 0 radical (unpaired) electrons. The summed E-state index contributed by atoms with van der Waals surface area (Å²) in [4.78, 5) is 14.7. The second-order valence-electron chi connectivity index (χ2n) is 2.43. The van der Waals surface area contributed by atoms with Crippen molar-refractivity contribution in [1.29, 1.82) is 0 Å². The van der Waals surface area contributed by atoms with E-state index >= 15 is 0 Å². The van der Waals surface area contributed by atoms with Crippen molar-refractivity contribution in [2.75, 3.05) is 13.7 Å². The number of hydrogen-bond acceptors (Lipinski definition) is 5. The zero-order valence-electron chi connectivity index (χ0n) is 7.89. The molecule has 0 aromatic carbocycles. The van der Waals surface area contributed by atoms with E-state index in [0.717, 1.165) is 11.0 Å². The highest BCUT2D eigenvalue weighted by Crippen LogP contribution is 1.99. The third kappa shape index (κ3) is 3.24. The Kier molecular flexibility index (Phi) is 4.10. The molecular weight excluding hydrogens is 212 g/mol. The second-order valence-corrected chi connectivity index (χ2v) is 2.43. The number of rotatable bonds is 5. The zero-order chi connectivity index (χ0) is 11.3. The molecule has 1 heterocycles. The fourth-order valence-electron chi connectivity index (χ4n) is 0.905. The number of alkyl halides is 2. The van der Waals surface area contributed by atoms with Gasteiger partial charge in [0.1, 0.15) is 6.33 Å². The number of nitrogens with zero attached hydrogens (tertiary/aromatic N) is 3. The normalized spacial score (nSPS) is 10.7. The van der Waals surface area contributed by atoms with Gasteiger partial charge in [-0.1, -0.05) is 0 Å². The second kappa shape index (κ2) is 5.35. The standard InChI is InChI=1S/C7H9F2N3O3/c1-14-6(13)5-10-4-11-12(5)2-3-15-7(8)9/h4,7H,2-3H2,1H3. The van der Waals surface area contributed by atoms with E-state index in [0.29, 0.717) is 0 Å². The van der Waals surface area contributed by atoms with Crippen LogP contribution in [0, 0.1) is 0 Å². The first kappa shape index (κ1) is 11.5. The van der Waals surface area contributed by atoms with Crippen molar-refractivity contribution in [1.82, 2.24) is 14.8 Å². The van der Waals surface area contributed by atoms with Gasteiger partial charge in [0.25, 0.3) is 0 Å². The number of carbonyl (C=O) groups excluding carboxylic acids is 1. The molecule has 1 aromatic rings. The quantitative estimate of drug-likeness (QED) is 0.669. The molecule has 0 aliphatic rings. The van der Waals surface area contributed by atoms with Gasteiger partial charge in [0.05, 0.1) is 20.3 Å². The van der Waals surface area contributed by atoms with E-state index in [1.165, 1.54) is 7.11 Å². The fraction of sp³-hybridized carbons (Fsp3) is 0.571. The molecule has 0 saturated heterocycles. The maximum absolute atomic E-state index is 11.6. The molecule has 6 nitrogen and oxygen atoms in total. The molecule has 0 aliphatic heterocycles. The molecule has 1 aromatic heterocycles. The minimum absolute atomic E-state index is 0.00870. The first-order valence-electron chi connectivity index (χ1n) is 4.01. The average Bonchev–Trinajstić information content (AvgIpc) is 2.64. The van der Waals surface area contributed by atoms with Crippen LogP contribution in [0.15, 0.2) is 6.33 Å². The molecule has 0 bridgehead atoms. The fourth-order valence-corrected chi connectivity index (χ4v) is 0.905. The van der Waals surface area contributed by atoms with E-state index in [1.807, 2.05) is 0 Å². The SMILES string of the molecule is COC(=O)c1ncnn1CCOC(F)F. The van der Waals surface area contributed by atoms with Gasteiger partial charge >= 0.3 is 12.6 Å². The summed E-state index contributed by atoms with van der Waals surface area (Å²) in [6.07, 6.45) is 1.13. The van der Waals surface area contributed by atoms with Gasteiger partial charge in [-0.05, 0) is 0 Å². The van der Waals surface area contributed by atoms with Crippen LogP contribution in [-0.4, -0.2) is 41.1 Å². The van der Waals surface area contributed by atoms with Gasteiger partial charge in [-0.15, -0.1) is 0 Å². The first-order valence-corrected chi connectivity index (χ1v) is 4.01. The Labute approximate surface area is 83.8 Å². The molecule has 15 heavy (non-hydrogen) atoms. The number of ether oxygens (including phenoxy) is 2. The van der Waals surface area contributed by atoms with Crippen molar-refractivity contribution < 1.29 is 23.0 Å². The molecule has 0 spiro atoms. The lowest BCUT2D eigenvalue weighted by Gasteiger charge is -2.04. The first-order chi connectivity index (χ1) is 7.15. The van der Waals surface area contributed by atoms with Crippen LogP contribution in [0.4, 0.5) is 8.78 Å². The minimum atomic E-state index is -2.84. The molecule has 0 N–H and O–H groups in total. The van der Waals surface area contributed by atoms with Crippen LogP contribution in [0.3, 0.4) is 0 Å². The van der Waals surface area contributed by atoms with Crippen LogP contribution >= 0.6 is 0 Å². The van der Waals surface area contributed by atoms with Gasteiger partial charge in [-0.25, -0.2) is 14.5 Å². The highest BCUT2D eigenvalue weighted by Gasteiger charge is 2.14. The minimum Gasteiger partial charge on any atom is -0.463 e. The Morgan fingerprint density at radius 1 is 1.67 bits per heavy atom. The largest absolute Gasteiger partial charge is 0.463 e. The highest BCUT2D eigenvalue weighted by molar-refractivity contribution is 5.85. The molecule has 0 atom stereocenters. The smallest absolute Gasteiger partial charge is 0.375 e. The van der Waals surface area contributed by atoms with E-state index in [2.05, 4.69) is 19.6 Å². The van der Waals surface area contributed by atoms with E-state index in [9.17, 15) is 13.6 Å². The highest BCUT2D eigenvalue weighted by atomic mass is 19.3. The van der Waals surface area contributed by atoms with Crippen LogP contribution in [0.25, 0.3) is 0 Å². The van der Waals surface area contributed by atoms with Crippen LogP contribution in [0.2, 0.25) is 0 Å². The summed E-state index contributed by atoms with van der Waals surface area (Å²) in [7, 11) is 1.19. The summed E-state index contributed by atoms with van der Waals surface area (Å²) in [5, 5.41) is 3.66. The Morgan fingerprint density at radius 2 is 2.40 bits per heavy atom. The van der Waals surface area contributed by atoms with Crippen molar-refractivity contribution in [3.63, 3.8) is 0 Å². The number of esters is 1. The number of carbonyl (C=O) groups is 1. The lowest BCUT2D eigenvalue weighted by molar-refractivity contribution is -0.130. The molecular formula is C7H9F2N3O3. The summed E-state index contributed by atoms with van der Waals surface area (Å²) in [6, 6.07) is 0. The number of hydrogen-bond donors (Lipinski definition) is 0. The summed E-state index contributed by atoms with van der Waals surface area (Å²) >= 11 is 0.